The Morgan fingerprint density at radius 2 is 1.30 bits per heavy atom. The number of halogens is 4. The fourth-order valence-electron chi connectivity index (χ4n) is 0.380. The first-order valence-corrected chi connectivity index (χ1v) is 6.06. The zero-order valence-electron chi connectivity index (χ0n) is 5.96. The van der Waals surface area contributed by atoms with Crippen molar-refractivity contribution in [1.82, 2.24) is 0 Å². The van der Waals surface area contributed by atoms with Gasteiger partial charge in [0.05, 0.1) is 0 Å². The Balaban J connectivity index is 4.23. The summed E-state index contributed by atoms with van der Waals surface area (Å²) in [7, 11) is -1.09. The zero-order chi connectivity index (χ0) is 8.58. The second kappa shape index (κ2) is 3.54. The Morgan fingerprint density at radius 3 is 1.30 bits per heavy atom. The highest BCUT2D eigenvalue weighted by atomic mass is 35.7. The van der Waals surface area contributed by atoms with Crippen LogP contribution in [0.3, 0.4) is 0 Å². The largest absolute Gasteiger partial charge is 0.223 e. The molecule has 0 aromatic heterocycles. The summed E-state index contributed by atoms with van der Waals surface area (Å²) in [6.45, 7) is 5.86. The summed E-state index contributed by atoms with van der Waals surface area (Å²) in [5.41, 5.74) is 0. The molecule has 0 spiro atoms. The maximum atomic E-state index is 5.90. The minimum absolute atomic E-state index is 0.123. The zero-order valence-corrected chi connectivity index (χ0v) is 9.88. The van der Waals surface area contributed by atoms with Crippen LogP contribution in [0.1, 0.15) is 20.8 Å². The van der Waals surface area contributed by atoms with E-state index in [2.05, 4.69) is 0 Å². The highest BCUT2D eigenvalue weighted by molar-refractivity contribution is 7.90. The lowest BCUT2D eigenvalue weighted by molar-refractivity contribution is 0.790. The van der Waals surface area contributed by atoms with Gasteiger partial charge in [-0.05, 0) is 5.16 Å². The molecule has 0 heterocycles. The highest BCUT2D eigenvalue weighted by Crippen LogP contribution is 2.68. The molecule has 0 radical (unpaired) electrons. The minimum Gasteiger partial charge on any atom is -0.0912 e. The van der Waals surface area contributed by atoms with Gasteiger partial charge in [-0.3, -0.25) is 0 Å². The summed E-state index contributed by atoms with van der Waals surface area (Å²) < 4.78 is -1.31. The normalized spacial score (nSPS) is 17.1. The van der Waals surface area contributed by atoms with E-state index in [1.165, 1.54) is 0 Å². The van der Waals surface area contributed by atoms with Crippen LogP contribution in [0.15, 0.2) is 0 Å². The van der Waals surface area contributed by atoms with Crippen LogP contribution < -0.4 is 0 Å². The van der Waals surface area contributed by atoms with Crippen molar-refractivity contribution in [3.8, 4) is 0 Å². The molecule has 0 aliphatic heterocycles. The van der Waals surface area contributed by atoms with Gasteiger partial charge in [-0.15, -0.1) is 0 Å². The smallest absolute Gasteiger partial charge is 0.0912 e. The lowest BCUT2D eigenvalue weighted by atomic mass is 10.3. The van der Waals surface area contributed by atoms with E-state index in [0.29, 0.717) is 0 Å². The molecule has 0 amide bonds. The van der Waals surface area contributed by atoms with E-state index in [9.17, 15) is 0 Å². The molecule has 1 unspecified atom stereocenters. The fraction of sp³-hybridized carbons (Fsp3) is 1.00. The van der Waals surface area contributed by atoms with Crippen LogP contribution in [-0.4, -0.2) is 8.69 Å². The minimum atomic E-state index is -1.31. The van der Waals surface area contributed by atoms with Gasteiger partial charge in [0, 0.05) is 7.27 Å². The van der Waals surface area contributed by atoms with Gasteiger partial charge in [0.1, 0.15) is 0 Å². The summed E-state index contributed by atoms with van der Waals surface area (Å²) in [6, 6.07) is 0. The molecule has 0 fully saturated rings. The molecule has 1 atom stereocenters. The Bertz CT molecular complexity index is 97.8. The maximum Gasteiger partial charge on any atom is 0.223 e. The molecule has 0 aliphatic rings. The van der Waals surface area contributed by atoms with E-state index >= 15 is 0 Å². The first-order valence-electron chi connectivity index (χ1n) is 2.68. The lowest BCUT2D eigenvalue weighted by Gasteiger charge is -2.30. The molecule has 0 aromatic rings. The third-order valence-electron chi connectivity index (χ3n) is 0.812. The molecule has 0 aromatic carbocycles. The van der Waals surface area contributed by atoms with Gasteiger partial charge in [0.2, 0.25) is 3.53 Å². The van der Waals surface area contributed by atoms with Crippen LogP contribution in [0.4, 0.5) is 0 Å². The molecule has 62 valence electrons. The Morgan fingerprint density at radius 1 is 1.00 bits per heavy atom. The summed E-state index contributed by atoms with van der Waals surface area (Å²) in [4.78, 5) is 0. The van der Waals surface area contributed by atoms with Crippen molar-refractivity contribution in [2.24, 2.45) is 0 Å². The summed E-state index contributed by atoms with van der Waals surface area (Å²) in [5, 5.41) is -0.123. The van der Waals surface area contributed by atoms with Crippen molar-refractivity contribution in [2.75, 3.05) is 0 Å². The number of hydrogen-bond donors (Lipinski definition) is 0. The van der Waals surface area contributed by atoms with E-state index in [4.69, 9.17) is 46.0 Å². The van der Waals surface area contributed by atoms with Crippen molar-refractivity contribution in [2.45, 2.75) is 29.5 Å². The van der Waals surface area contributed by atoms with E-state index in [1.807, 2.05) is 20.8 Å². The molecule has 10 heavy (non-hydrogen) atoms. The SMILES string of the molecule is CC(C)(C)P(Cl)C(Cl)(Cl)Cl. The van der Waals surface area contributed by atoms with Crippen LogP contribution >= 0.6 is 53.3 Å². The van der Waals surface area contributed by atoms with Gasteiger partial charge < -0.3 is 0 Å². The first kappa shape index (κ1) is 11.6. The topological polar surface area (TPSA) is 0 Å². The van der Waals surface area contributed by atoms with Crippen molar-refractivity contribution in [3.05, 3.63) is 0 Å². The fourth-order valence-corrected chi connectivity index (χ4v) is 3.42. The summed E-state index contributed by atoms with van der Waals surface area (Å²) in [6.07, 6.45) is 0. The van der Waals surface area contributed by atoms with Gasteiger partial charge in [-0.25, -0.2) is 0 Å². The molecule has 0 rings (SSSR count). The van der Waals surface area contributed by atoms with Crippen LogP contribution in [0.2, 0.25) is 0 Å². The molecule has 5 heteroatoms. The van der Waals surface area contributed by atoms with Crippen LogP contribution in [0.25, 0.3) is 0 Å². The van der Waals surface area contributed by atoms with E-state index in [-0.39, 0.29) is 5.16 Å². The maximum absolute atomic E-state index is 5.90. The molecule has 0 saturated heterocycles. The van der Waals surface area contributed by atoms with Gasteiger partial charge >= 0.3 is 0 Å². The Labute approximate surface area is 82.7 Å². The molecule has 0 nitrogen and oxygen atoms in total. The molecule has 0 aliphatic carbocycles. The standard InChI is InChI=1S/C5H9Cl4P/c1-4(2,3)10(9)5(6,7)8/h1-3H3. The predicted molar refractivity (Wildman–Crippen MR) is 52.8 cm³/mol. The number of alkyl halides is 3. The van der Waals surface area contributed by atoms with Crippen LogP contribution in [0, 0.1) is 0 Å². The van der Waals surface area contributed by atoms with Crippen molar-refractivity contribution in [3.63, 3.8) is 0 Å². The monoisotopic (exact) mass is 240 g/mol. The molecule has 0 bridgehead atoms. The molecular weight excluding hydrogens is 233 g/mol. The molecule has 0 saturated carbocycles. The predicted octanol–water partition coefficient (Wildman–Crippen LogP) is 4.75. The number of hydrogen-bond acceptors (Lipinski definition) is 0. The second-order valence-corrected chi connectivity index (χ2v) is 9.58. The molecule has 0 N–H and O–H groups in total. The van der Waals surface area contributed by atoms with Crippen molar-refractivity contribution in [1.29, 1.82) is 0 Å². The van der Waals surface area contributed by atoms with Crippen molar-refractivity contribution >= 4 is 53.3 Å². The third-order valence-corrected chi connectivity index (χ3v) is 7.02. The quantitative estimate of drug-likeness (QED) is 0.424. The van der Waals surface area contributed by atoms with Crippen LogP contribution in [0.5, 0.6) is 0 Å². The Hall–Kier alpha value is 1.59. The molecular formula is C5H9Cl4P. The lowest BCUT2D eigenvalue weighted by Crippen LogP contribution is -2.15. The van der Waals surface area contributed by atoms with Gasteiger partial charge in [0.15, 0.2) is 0 Å². The summed E-state index contributed by atoms with van der Waals surface area (Å²) >= 11 is 22.7. The summed E-state index contributed by atoms with van der Waals surface area (Å²) in [5.74, 6) is 0. The van der Waals surface area contributed by atoms with Gasteiger partial charge in [-0.2, -0.15) is 0 Å². The van der Waals surface area contributed by atoms with Crippen molar-refractivity contribution < 1.29 is 0 Å². The van der Waals surface area contributed by atoms with Gasteiger partial charge in [0.25, 0.3) is 0 Å². The van der Waals surface area contributed by atoms with E-state index < -0.39 is 10.8 Å². The average Bonchev–Trinajstić information content (AvgIpc) is 1.59. The second-order valence-electron chi connectivity index (χ2n) is 2.92. The highest BCUT2D eigenvalue weighted by Gasteiger charge is 2.39. The van der Waals surface area contributed by atoms with E-state index in [0.717, 1.165) is 0 Å². The van der Waals surface area contributed by atoms with Crippen LogP contribution in [-0.2, 0) is 0 Å². The average molecular weight is 242 g/mol. The van der Waals surface area contributed by atoms with E-state index in [1.54, 1.807) is 0 Å². The first-order chi connectivity index (χ1) is 4.15. The van der Waals surface area contributed by atoms with Gasteiger partial charge in [-0.1, -0.05) is 66.8 Å². The third kappa shape index (κ3) is 3.83. The Kier molecular flexibility index (Phi) is 4.10. The number of rotatable bonds is 0.